The van der Waals surface area contributed by atoms with Crippen molar-refractivity contribution < 1.29 is 14.2 Å². The molecule has 3 aromatic rings. The second-order valence-electron chi connectivity index (χ2n) is 5.30. The molecule has 5 heteroatoms. The predicted octanol–water partition coefficient (Wildman–Crippen LogP) is 3.32. The zero-order valence-corrected chi connectivity index (χ0v) is 12.5. The Morgan fingerprint density at radius 1 is 1.00 bits per heavy atom. The number of rotatable bonds is 5. The lowest BCUT2D eigenvalue weighted by Gasteiger charge is -2.04. The van der Waals surface area contributed by atoms with Crippen LogP contribution in [0, 0.1) is 0 Å². The van der Waals surface area contributed by atoms with Crippen molar-refractivity contribution in [3.05, 3.63) is 72.2 Å². The maximum atomic E-state index is 5.78. The maximum Gasteiger partial charge on any atom is 0.231 e. The third-order valence-electron chi connectivity index (χ3n) is 3.64. The summed E-state index contributed by atoms with van der Waals surface area (Å²) in [5, 5.41) is 0. The Balaban J connectivity index is 1.36. The number of hydrogen-bond acceptors (Lipinski definition) is 4. The third-order valence-corrected chi connectivity index (χ3v) is 3.64. The van der Waals surface area contributed by atoms with Crippen molar-refractivity contribution >= 4 is 0 Å². The minimum absolute atomic E-state index is 0.292. The molecule has 0 N–H and O–H groups in total. The molecule has 0 saturated carbocycles. The molecule has 0 fully saturated rings. The van der Waals surface area contributed by atoms with Gasteiger partial charge in [-0.15, -0.1) is 0 Å². The Hall–Kier alpha value is -2.79. The van der Waals surface area contributed by atoms with Gasteiger partial charge in [-0.1, -0.05) is 12.1 Å². The number of nitrogens with zero attached hydrogens (tertiary/aromatic N) is 2. The van der Waals surface area contributed by atoms with Crippen LogP contribution in [0.3, 0.4) is 0 Å². The highest BCUT2D eigenvalue weighted by atomic mass is 16.7. The van der Waals surface area contributed by atoms with Crippen molar-refractivity contribution in [1.29, 1.82) is 0 Å². The molecule has 1 aliphatic rings. The first-order valence-corrected chi connectivity index (χ1v) is 7.43. The molecule has 23 heavy (non-hydrogen) atoms. The van der Waals surface area contributed by atoms with Crippen LogP contribution in [-0.2, 0) is 18.0 Å². The highest BCUT2D eigenvalue weighted by Crippen LogP contribution is 2.32. The summed E-state index contributed by atoms with van der Waals surface area (Å²) in [6, 6.07) is 13.7. The molecule has 0 atom stereocenters. The van der Waals surface area contributed by atoms with Crippen molar-refractivity contribution in [3.8, 4) is 17.3 Å². The number of hydrogen-bond donors (Lipinski definition) is 0. The van der Waals surface area contributed by atoms with Crippen molar-refractivity contribution in [2.45, 2.75) is 13.2 Å². The maximum absolute atomic E-state index is 5.78. The molecule has 4 rings (SSSR count). The molecule has 0 saturated heterocycles. The van der Waals surface area contributed by atoms with Crippen LogP contribution in [0.15, 0.2) is 61.1 Å². The molecule has 0 spiro atoms. The summed E-state index contributed by atoms with van der Waals surface area (Å²) in [5.41, 5.74) is 2.18. The van der Waals surface area contributed by atoms with Gasteiger partial charge in [0, 0.05) is 18.6 Å². The minimum atomic E-state index is 0.292. The van der Waals surface area contributed by atoms with Gasteiger partial charge in [-0.05, 0) is 41.5 Å². The van der Waals surface area contributed by atoms with Gasteiger partial charge in [-0.3, -0.25) is 0 Å². The SMILES string of the molecule is c1ccc(-n2ccc(COCc3ccc4c(c3)OCO4)c2)nc1. The van der Waals surface area contributed by atoms with Gasteiger partial charge in [-0.2, -0.15) is 0 Å². The summed E-state index contributed by atoms with van der Waals surface area (Å²) in [7, 11) is 0. The van der Waals surface area contributed by atoms with Gasteiger partial charge < -0.3 is 18.8 Å². The first-order valence-electron chi connectivity index (χ1n) is 7.43. The Kier molecular flexibility index (Phi) is 3.70. The number of fused-ring (bicyclic) bond motifs is 1. The lowest BCUT2D eigenvalue weighted by atomic mass is 10.2. The minimum Gasteiger partial charge on any atom is -0.454 e. The van der Waals surface area contributed by atoms with Gasteiger partial charge in [0.2, 0.25) is 6.79 Å². The number of benzene rings is 1. The largest absolute Gasteiger partial charge is 0.454 e. The zero-order valence-electron chi connectivity index (χ0n) is 12.5. The Morgan fingerprint density at radius 2 is 1.91 bits per heavy atom. The molecule has 0 unspecified atom stereocenters. The lowest BCUT2D eigenvalue weighted by Crippen LogP contribution is -1.95. The second kappa shape index (κ2) is 6.14. The molecule has 116 valence electrons. The summed E-state index contributed by atoms with van der Waals surface area (Å²) in [6.45, 7) is 1.38. The van der Waals surface area contributed by atoms with Crippen LogP contribution in [0.5, 0.6) is 11.5 Å². The summed E-state index contributed by atoms with van der Waals surface area (Å²) in [6.07, 6.45) is 5.80. The van der Waals surface area contributed by atoms with Gasteiger partial charge in [0.25, 0.3) is 0 Å². The van der Waals surface area contributed by atoms with Crippen molar-refractivity contribution in [3.63, 3.8) is 0 Å². The number of aromatic nitrogens is 2. The monoisotopic (exact) mass is 308 g/mol. The van der Waals surface area contributed by atoms with E-state index in [4.69, 9.17) is 14.2 Å². The fourth-order valence-electron chi connectivity index (χ4n) is 2.49. The van der Waals surface area contributed by atoms with E-state index in [2.05, 4.69) is 4.98 Å². The third kappa shape index (κ3) is 3.05. The fourth-order valence-corrected chi connectivity index (χ4v) is 2.49. The fraction of sp³-hybridized carbons (Fsp3) is 0.167. The van der Waals surface area contributed by atoms with Crippen LogP contribution in [0.1, 0.15) is 11.1 Å². The first-order chi connectivity index (χ1) is 11.4. The van der Waals surface area contributed by atoms with E-state index >= 15 is 0 Å². The Bertz CT molecular complexity index is 799. The molecule has 1 aromatic carbocycles. The standard InChI is InChI=1S/C18H16N2O3/c1-2-7-19-18(3-1)20-8-6-15(10-20)12-21-11-14-4-5-16-17(9-14)23-13-22-16/h1-10H,11-13H2. The molecule has 0 aliphatic carbocycles. The van der Waals surface area contributed by atoms with Gasteiger partial charge in [0.15, 0.2) is 11.5 Å². The summed E-state index contributed by atoms with van der Waals surface area (Å²) >= 11 is 0. The van der Waals surface area contributed by atoms with E-state index in [1.807, 2.05) is 59.4 Å². The summed E-state index contributed by atoms with van der Waals surface area (Å²) in [5.74, 6) is 2.48. The van der Waals surface area contributed by atoms with Gasteiger partial charge in [-0.25, -0.2) is 4.98 Å². The molecule has 0 amide bonds. The van der Waals surface area contributed by atoms with Crippen LogP contribution in [0.25, 0.3) is 5.82 Å². The summed E-state index contributed by atoms with van der Waals surface area (Å²) < 4.78 is 18.4. The number of pyridine rings is 1. The molecule has 0 radical (unpaired) electrons. The van der Waals surface area contributed by atoms with Gasteiger partial charge in [0.1, 0.15) is 5.82 Å². The molecule has 3 heterocycles. The van der Waals surface area contributed by atoms with Crippen LogP contribution in [0.2, 0.25) is 0 Å². The van der Waals surface area contributed by atoms with E-state index in [1.54, 1.807) is 6.20 Å². The quantitative estimate of drug-likeness (QED) is 0.725. The molecule has 0 bridgehead atoms. The van der Waals surface area contributed by atoms with Crippen molar-refractivity contribution in [2.75, 3.05) is 6.79 Å². The van der Waals surface area contributed by atoms with E-state index in [0.29, 0.717) is 20.0 Å². The van der Waals surface area contributed by atoms with Crippen LogP contribution >= 0.6 is 0 Å². The van der Waals surface area contributed by atoms with Gasteiger partial charge in [0.05, 0.1) is 13.2 Å². The van der Waals surface area contributed by atoms with E-state index in [0.717, 1.165) is 28.4 Å². The zero-order chi connectivity index (χ0) is 15.5. The van der Waals surface area contributed by atoms with Crippen molar-refractivity contribution in [1.82, 2.24) is 9.55 Å². The average molecular weight is 308 g/mol. The van der Waals surface area contributed by atoms with E-state index in [9.17, 15) is 0 Å². The second-order valence-corrected chi connectivity index (χ2v) is 5.30. The van der Waals surface area contributed by atoms with E-state index < -0.39 is 0 Å². The molecular formula is C18H16N2O3. The molecule has 2 aromatic heterocycles. The van der Waals surface area contributed by atoms with Crippen LogP contribution in [0.4, 0.5) is 0 Å². The smallest absolute Gasteiger partial charge is 0.231 e. The molecule has 1 aliphatic heterocycles. The first kappa shape index (κ1) is 13.8. The van der Waals surface area contributed by atoms with E-state index in [-0.39, 0.29) is 0 Å². The lowest BCUT2D eigenvalue weighted by molar-refractivity contribution is 0.107. The Morgan fingerprint density at radius 3 is 2.83 bits per heavy atom. The van der Waals surface area contributed by atoms with Crippen molar-refractivity contribution in [2.24, 2.45) is 0 Å². The molecular weight excluding hydrogens is 292 g/mol. The van der Waals surface area contributed by atoms with Gasteiger partial charge >= 0.3 is 0 Å². The highest BCUT2D eigenvalue weighted by Gasteiger charge is 2.13. The predicted molar refractivity (Wildman–Crippen MR) is 84.6 cm³/mol. The summed E-state index contributed by atoms with van der Waals surface area (Å²) in [4.78, 5) is 4.32. The average Bonchev–Trinajstić information content (AvgIpc) is 3.24. The number of ether oxygens (including phenoxy) is 3. The Labute approximate surface area is 134 Å². The highest BCUT2D eigenvalue weighted by molar-refractivity contribution is 5.44. The molecule has 5 nitrogen and oxygen atoms in total. The van der Waals surface area contributed by atoms with Crippen LogP contribution < -0.4 is 9.47 Å². The normalized spacial score (nSPS) is 12.5. The van der Waals surface area contributed by atoms with E-state index in [1.165, 1.54) is 0 Å². The van der Waals surface area contributed by atoms with Crippen LogP contribution in [-0.4, -0.2) is 16.3 Å². The topological polar surface area (TPSA) is 45.5 Å².